The van der Waals surface area contributed by atoms with E-state index in [0.717, 1.165) is 31.4 Å². The second-order valence-corrected chi connectivity index (χ2v) is 6.72. The Morgan fingerprint density at radius 1 is 1.22 bits per heavy atom. The molecule has 2 atom stereocenters. The molecule has 0 saturated carbocycles. The predicted octanol–water partition coefficient (Wildman–Crippen LogP) is 3.65. The summed E-state index contributed by atoms with van der Waals surface area (Å²) >= 11 is 0. The predicted molar refractivity (Wildman–Crippen MR) is 89.8 cm³/mol. The van der Waals surface area contributed by atoms with Crippen molar-refractivity contribution in [3.63, 3.8) is 0 Å². The van der Waals surface area contributed by atoms with E-state index in [1.165, 1.54) is 11.1 Å². The van der Waals surface area contributed by atoms with Gasteiger partial charge < -0.3 is 10.0 Å². The van der Waals surface area contributed by atoms with E-state index in [0.29, 0.717) is 11.5 Å². The fourth-order valence-electron chi connectivity index (χ4n) is 4.14. The Bertz CT molecular complexity index is 768. The highest BCUT2D eigenvalue weighted by atomic mass is 16.3. The van der Waals surface area contributed by atoms with Crippen LogP contribution in [-0.4, -0.2) is 28.5 Å². The summed E-state index contributed by atoms with van der Waals surface area (Å²) < 4.78 is 0. The van der Waals surface area contributed by atoms with Gasteiger partial charge in [-0.25, -0.2) is 0 Å². The maximum absolute atomic E-state index is 13.0. The molecule has 118 valence electrons. The molecule has 1 fully saturated rings. The standard InChI is InChI=1S/C20H21NO2/c1-13-8-9-15(12-19(13)22)20(23)21-10-4-7-17-16-6-3-2-5-14(16)11-18(17)21/h2-3,5-6,8-9,12,17-18,22H,4,7,10-11H2,1H3/t17-,18+/m1/s1. The minimum Gasteiger partial charge on any atom is -0.508 e. The van der Waals surface area contributed by atoms with E-state index < -0.39 is 0 Å². The minimum absolute atomic E-state index is 0.0443. The Balaban J connectivity index is 1.65. The van der Waals surface area contributed by atoms with Crippen LogP contribution in [0, 0.1) is 6.92 Å². The molecule has 3 nitrogen and oxygen atoms in total. The molecule has 1 amide bonds. The van der Waals surface area contributed by atoms with Crippen molar-refractivity contribution in [2.45, 2.75) is 38.1 Å². The van der Waals surface area contributed by atoms with Crippen LogP contribution in [0.4, 0.5) is 0 Å². The van der Waals surface area contributed by atoms with Crippen molar-refractivity contribution in [1.29, 1.82) is 0 Å². The number of carbonyl (C=O) groups is 1. The lowest BCUT2D eigenvalue weighted by Gasteiger charge is -2.38. The van der Waals surface area contributed by atoms with Crippen LogP contribution in [0.5, 0.6) is 5.75 Å². The van der Waals surface area contributed by atoms with Crippen molar-refractivity contribution >= 4 is 5.91 Å². The lowest BCUT2D eigenvalue weighted by molar-refractivity contribution is 0.0595. The zero-order valence-electron chi connectivity index (χ0n) is 13.3. The van der Waals surface area contributed by atoms with Gasteiger partial charge in [-0.15, -0.1) is 0 Å². The van der Waals surface area contributed by atoms with Gasteiger partial charge in [0.05, 0.1) is 0 Å². The van der Waals surface area contributed by atoms with Crippen LogP contribution in [0.15, 0.2) is 42.5 Å². The molecule has 0 spiro atoms. The van der Waals surface area contributed by atoms with Crippen LogP contribution in [0.25, 0.3) is 0 Å². The molecule has 3 heteroatoms. The zero-order valence-corrected chi connectivity index (χ0v) is 13.3. The third kappa shape index (κ3) is 2.31. The lowest BCUT2D eigenvalue weighted by atomic mass is 9.88. The average Bonchev–Trinajstić information content (AvgIpc) is 2.95. The molecule has 0 radical (unpaired) electrons. The summed E-state index contributed by atoms with van der Waals surface area (Å²) in [5, 5.41) is 9.91. The van der Waals surface area contributed by atoms with Gasteiger partial charge in [-0.3, -0.25) is 4.79 Å². The molecule has 2 aromatic carbocycles. The molecule has 0 bridgehead atoms. The summed E-state index contributed by atoms with van der Waals surface area (Å²) in [7, 11) is 0. The first-order chi connectivity index (χ1) is 11.1. The Kier molecular flexibility index (Phi) is 3.37. The Morgan fingerprint density at radius 3 is 2.87 bits per heavy atom. The van der Waals surface area contributed by atoms with E-state index in [1.54, 1.807) is 6.07 Å². The van der Waals surface area contributed by atoms with Crippen molar-refractivity contribution in [2.24, 2.45) is 0 Å². The summed E-state index contributed by atoms with van der Waals surface area (Å²) in [6.07, 6.45) is 3.15. The molecule has 0 aromatic heterocycles. The number of aryl methyl sites for hydroxylation is 1. The number of phenolic OH excluding ortho intramolecular Hbond substituents is 1. The highest BCUT2D eigenvalue weighted by Gasteiger charge is 2.40. The molecule has 1 heterocycles. The SMILES string of the molecule is Cc1ccc(C(=O)N2CCC[C@@H]3c4ccccc4C[C@@H]32)cc1O. The number of benzene rings is 2. The van der Waals surface area contributed by atoms with Crippen molar-refractivity contribution in [1.82, 2.24) is 4.90 Å². The van der Waals surface area contributed by atoms with Gasteiger partial charge in [0.2, 0.25) is 0 Å². The number of likely N-dealkylation sites (tertiary alicyclic amines) is 1. The number of nitrogens with zero attached hydrogens (tertiary/aromatic N) is 1. The monoisotopic (exact) mass is 307 g/mol. The highest BCUT2D eigenvalue weighted by molar-refractivity contribution is 5.95. The van der Waals surface area contributed by atoms with Crippen LogP contribution < -0.4 is 0 Å². The third-order valence-electron chi connectivity index (χ3n) is 5.38. The fraction of sp³-hybridized carbons (Fsp3) is 0.350. The highest BCUT2D eigenvalue weighted by Crippen LogP contribution is 2.42. The molecule has 1 aliphatic heterocycles. The smallest absolute Gasteiger partial charge is 0.254 e. The summed E-state index contributed by atoms with van der Waals surface area (Å²) in [5.74, 6) is 0.699. The number of piperidine rings is 1. The average molecular weight is 307 g/mol. The third-order valence-corrected chi connectivity index (χ3v) is 5.38. The van der Waals surface area contributed by atoms with Crippen molar-refractivity contribution in [3.8, 4) is 5.75 Å². The number of amides is 1. The van der Waals surface area contributed by atoms with Gasteiger partial charge >= 0.3 is 0 Å². The van der Waals surface area contributed by atoms with E-state index in [1.807, 2.05) is 24.0 Å². The Hall–Kier alpha value is -2.29. The minimum atomic E-state index is 0.0443. The molecular formula is C20H21NO2. The molecule has 2 aliphatic rings. The largest absolute Gasteiger partial charge is 0.508 e. The number of hydrogen-bond donors (Lipinski definition) is 1. The number of phenols is 1. The normalized spacial score (nSPS) is 22.6. The molecule has 2 aromatic rings. The Morgan fingerprint density at radius 2 is 2.04 bits per heavy atom. The quantitative estimate of drug-likeness (QED) is 0.873. The van der Waals surface area contributed by atoms with E-state index in [4.69, 9.17) is 0 Å². The number of rotatable bonds is 1. The van der Waals surface area contributed by atoms with Crippen LogP contribution in [0.1, 0.15) is 45.8 Å². The maximum Gasteiger partial charge on any atom is 0.254 e. The van der Waals surface area contributed by atoms with Crippen molar-refractivity contribution in [2.75, 3.05) is 6.54 Å². The van der Waals surface area contributed by atoms with Gasteiger partial charge in [0.25, 0.3) is 5.91 Å². The fourth-order valence-corrected chi connectivity index (χ4v) is 4.14. The molecule has 0 unspecified atom stereocenters. The molecule has 1 saturated heterocycles. The van der Waals surface area contributed by atoms with Crippen molar-refractivity contribution in [3.05, 3.63) is 64.7 Å². The molecule has 1 N–H and O–H groups in total. The van der Waals surface area contributed by atoms with E-state index in [2.05, 4.69) is 24.3 Å². The number of fused-ring (bicyclic) bond motifs is 3. The summed E-state index contributed by atoms with van der Waals surface area (Å²) in [6.45, 7) is 2.65. The van der Waals surface area contributed by atoms with Gasteiger partial charge in [-0.05, 0) is 55.0 Å². The summed E-state index contributed by atoms with van der Waals surface area (Å²) in [4.78, 5) is 15.0. The maximum atomic E-state index is 13.0. The van der Waals surface area contributed by atoms with Crippen LogP contribution >= 0.6 is 0 Å². The topological polar surface area (TPSA) is 40.5 Å². The van der Waals surface area contributed by atoms with Crippen LogP contribution in [-0.2, 0) is 6.42 Å². The van der Waals surface area contributed by atoms with Gasteiger partial charge in [0.1, 0.15) is 5.75 Å². The Labute approximate surface area is 136 Å². The van der Waals surface area contributed by atoms with E-state index in [9.17, 15) is 9.90 Å². The molecule has 4 rings (SSSR count). The first-order valence-electron chi connectivity index (χ1n) is 8.33. The number of carbonyl (C=O) groups excluding carboxylic acids is 1. The second kappa shape index (κ2) is 5.41. The van der Waals surface area contributed by atoms with E-state index in [-0.39, 0.29) is 17.7 Å². The first-order valence-corrected chi connectivity index (χ1v) is 8.33. The molecular weight excluding hydrogens is 286 g/mol. The van der Waals surface area contributed by atoms with Gasteiger partial charge in [0, 0.05) is 24.1 Å². The van der Waals surface area contributed by atoms with Crippen molar-refractivity contribution < 1.29 is 9.90 Å². The molecule has 1 aliphatic carbocycles. The number of aromatic hydroxyl groups is 1. The first kappa shape index (κ1) is 14.3. The van der Waals surface area contributed by atoms with Crippen LogP contribution in [0.3, 0.4) is 0 Å². The summed E-state index contributed by atoms with van der Waals surface area (Å²) in [5.41, 5.74) is 4.19. The zero-order chi connectivity index (χ0) is 16.0. The van der Waals surface area contributed by atoms with Gasteiger partial charge in [-0.2, -0.15) is 0 Å². The van der Waals surface area contributed by atoms with Gasteiger partial charge in [0.15, 0.2) is 0 Å². The van der Waals surface area contributed by atoms with E-state index >= 15 is 0 Å². The summed E-state index contributed by atoms with van der Waals surface area (Å²) in [6, 6.07) is 14.1. The lowest BCUT2D eigenvalue weighted by Crippen LogP contribution is -2.46. The second-order valence-electron chi connectivity index (χ2n) is 6.72. The molecule has 23 heavy (non-hydrogen) atoms. The van der Waals surface area contributed by atoms with Crippen LogP contribution in [0.2, 0.25) is 0 Å². The number of hydrogen-bond acceptors (Lipinski definition) is 2. The van der Waals surface area contributed by atoms with Gasteiger partial charge in [-0.1, -0.05) is 30.3 Å².